The zero-order valence-corrected chi connectivity index (χ0v) is 13.0. The Morgan fingerprint density at radius 2 is 1.37 bits per heavy atom. The Hall–Kier alpha value is -2.30. The highest BCUT2D eigenvalue weighted by Crippen LogP contribution is 2.54. The minimum absolute atomic E-state index is 0.627. The van der Waals surface area contributed by atoms with E-state index in [1.54, 1.807) is 12.1 Å². The molecule has 154 valence electrons. The summed E-state index contributed by atoms with van der Waals surface area (Å²) in [6.07, 6.45) is -7.13. The van der Waals surface area contributed by atoms with Gasteiger partial charge < -0.3 is 5.21 Å². The topological polar surface area (TPSA) is 105 Å². The van der Waals surface area contributed by atoms with Gasteiger partial charge in [0.25, 0.3) is 0 Å². The van der Waals surface area contributed by atoms with E-state index < -0.39 is 33.4 Å². The van der Waals surface area contributed by atoms with Crippen LogP contribution in [0.15, 0.2) is 24.3 Å². The number of hydrogen-bond acceptors (Lipinski definition) is 5. The minimum atomic E-state index is -7.37. The van der Waals surface area contributed by atoms with Crippen molar-refractivity contribution >= 4 is 21.2 Å². The molecule has 0 aliphatic heterocycles. The van der Waals surface area contributed by atoms with E-state index in [9.17, 15) is 47.9 Å². The van der Waals surface area contributed by atoms with Gasteiger partial charge in [-0.3, -0.25) is 4.55 Å². The van der Waals surface area contributed by atoms with E-state index in [1.165, 1.54) is 0 Å². The number of benzene rings is 1. The molecule has 27 heavy (non-hydrogen) atoms. The third-order valence-corrected chi connectivity index (χ3v) is 3.68. The van der Waals surface area contributed by atoms with Crippen molar-refractivity contribution in [2.45, 2.75) is 23.3 Å². The number of aromatic nitrogens is 3. The molecule has 17 heteroatoms. The van der Waals surface area contributed by atoms with Gasteiger partial charge in [-0.1, -0.05) is 17.0 Å². The fourth-order valence-corrected chi connectivity index (χ4v) is 1.83. The number of rotatable bonds is 3. The van der Waals surface area contributed by atoms with Gasteiger partial charge in [-0.05, 0) is 17.3 Å². The van der Waals surface area contributed by atoms with Crippen molar-refractivity contribution < 1.29 is 57.7 Å². The molecule has 1 aromatic heterocycles. The van der Waals surface area contributed by atoms with Crippen LogP contribution in [0.3, 0.4) is 0 Å². The van der Waals surface area contributed by atoms with Crippen molar-refractivity contribution in [1.82, 2.24) is 15.2 Å². The van der Waals surface area contributed by atoms with Gasteiger partial charge in [0.15, 0.2) is 0 Å². The summed E-state index contributed by atoms with van der Waals surface area (Å²) < 4.78 is 134. The monoisotopic (exact) mass is 435 g/mol. The Bertz CT molecular complexity index is 910. The lowest BCUT2D eigenvalue weighted by atomic mass is 10.1. The quantitative estimate of drug-likeness (QED) is 0.437. The maximum atomic E-state index is 12.2. The van der Waals surface area contributed by atoms with Crippen LogP contribution in [0.2, 0.25) is 0 Å². The standard InChI is InChI=1S/C6H5N3O.C4HF9O3S/c10-9-6-4-2-1-3-5(6)7-8-9;5-1(6,3(9,10)11)2(7,8)4(12,13)17(14,15)16/h1-4,10H;(H,14,15,16). The zero-order chi connectivity index (χ0) is 21.5. The number of halogens is 9. The Balaban J connectivity index is 0.000000303. The van der Waals surface area contributed by atoms with Crippen LogP contribution in [0.25, 0.3) is 11.0 Å². The average Bonchev–Trinajstić information content (AvgIpc) is 2.87. The van der Waals surface area contributed by atoms with Crippen molar-refractivity contribution in [1.29, 1.82) is 0 Å². The fraction of sp³-hybridized carbons (Fsp3) is 0.400. The van der Waals surface area contributed by atoms with Crippen LogP contribution >= 0.6 is 0 Å². The van der Waals surface area contributed by atoms with Crippen LogP contribution in [0.4, 0.5) is 39.5 Å². The molecular weight excluding hydrogens is 429 g/mol. The number of para-hydroxylation sites is 1. The van der Waals surface area contributed by atoms with E-state index >= 15 is 0 Å². The molecule has 2 aromatic rings. The minimum Gasteiger partial charge on any atom is -0.410 e. The van der Waals surface area contributed by atoms with E-state index in [0.29, 0.717) is 11.0 Å². The molecule has 2 N–H and O–H groups in total. The molecule has 0 saturated heterocycles. The molecule has 0 aliphatic rings. The molecule has 0 fully saturated rings. The molecule has 1 aromatic carbocycles. The SMILES string of the molecule is O=S(=O)(O)C(F)(F)C(F)(F)C(F)(F)C(F)(F)F.On1nnc2ccccc21. The normalized spacial score (nSPS) is 14.0. The summed E-state index contributed by atoms with van der Waals surface area (Å²) in [5, 5.41) is 9.05. The highest BCUT2D eigenvalue weighted by Gasteiger charge is 2.85. The van der Waals surface area contributed by atoms with Gasteiger partial charge in [-0.15, -0.1) is 5.10 Å². The number of hydrogen-bond donors (Lipinski definition) is 2. The van der Waals surface area contributed by atoms with Gasteiger partial charge in [0.2, 0.25) is 0 Å². The van der Waals surface area contributed by atoms with E-state index in [4.69, 9.17) is 9.76 Å². The fourth-order valence-electron chi connectivity index (χ4n) is 1.38. The van der Waals surface area contributed by atoms with Crippen molar-refractivity contribution in [3.63, 3.8) is 0 Å². The van der Waals surface area contributed by atoms with Crippen LogP contribution in [-0.4, -0.2) is 56.6 Å². The number of nitrogens with zero attached hydrogens (tertiary/aromatic N) is 3. The second-order valence-corrected chi connectivity index (χ2v) is 6.07. The summed E-state index contributed by atoms with van der Waals surface area (Å²) in [6.45, 7) is 0. The molecule has 0 aliphatic carbocycles. The Kier molecular flexibility index (Phi) is 5.64. The average molecular weight is 435 g/mol. The van der Waals surface area contributed by atoms with E-state index in [0.717, 1.165) is 4.85 Å². The smallest absolute Gasteiger partial charge is 0.410 e. The first-order chi connectivity index (χ1) is 11.9. The molecule has 2 rings (SSSR count). The predicted molar refractivity (Wildman–Crippen MR) is 67.2 cm³/mol. The molecule has 0 atom stereocenters. The van der Waals surface area contributed by atoms with Crippen molar-refractivity contribution in [3.8, 4) is 0 Å². The summed E-state index contributed by atoms with van der Waals surface area (Å²) in [4.78, 5) is 0.759. The van der Waals surface area contributed by atoms with Crippen LogP contribution in [0, 0.1) is 0 Å². The first-order valence-electron chi connectivity index (χ1n) is 6.05. The summed E-state index contributed by atoms with van der Waals surface area (Å²) in [7, 11) is -7.17. The lowest BCUT2D eigenvalue weighted by molar-refractivity contribution is -0.382. The summed E-state index contributed by atoms with van der Waals surface area (Å²) in [5.74, 6) is -14.7. The number of fused-ring (bicyclic) bond motifs is 1. The Morgan fingerprint density at radius 3 is 1.78 bits per heavy atom. The Labute approximate surface area is 142 Å². The van der Waals surface area contributed by atoms with Gasteiger partial charge in [0.05, 0.1) is 0 Å². The summed E-state index contributed by atoms with van der Waals surface area (Å²) in [6, 6.07) is 7.19. The van der Waals surface area contributed by atoms with Crippen LogP contribution in [0.5, 0.6) is 0 Å². The van der Waals surface area contributed by atoms with Gasteiger partial charge in [0, 0.05) is 0 Å². The molecule has 0 radical (unpaired) electrons. The number of alkyl halides is 9. The largest absolute Gasteiger partial charge is 0.460 e. The molecule has 7 nitrogen and oxygen atoms in total. The van der Waals surface area contributed by atoms with Crippen LogP contribution < -0.4 is 0 Å². The van der Waals surface area contributed by atoms with Gasteiger partial charge in [-0.25, -0.2) is 0 Å². The lowest BCUT2D eigenvalue weighted by Gasteiger charge is -2.31. The van der Waals surface area contributed by atoms with E-state index in [-0.39, 0.29) is 0 Å². The molecule has 0 spiro atoms. The van der Waals surface area contributed by atoms with Crippen molar-refractivity contribution in [3.05, 3.63) is 24.3 Å². The third-order valence-electron chi connectivity index (χ3n) is 2.77. The molecule has 0 amide bonds. The first-order valence-corrected chi connectivity index (χ1v) is 7.49. The zero-order valence-electron chi connectivity index (χ0n) is 12.2. The molecule has 0 unspecified atom stereocenters. The van der Waals surface area contributed by atoms with Crippen molar-refractivity contribution in [2.24, 2.45) is 0 Å². The van der Waals surface area contributed by atoms with Gasteiger partial charge in [0.1, 0.15) is 11.0 Å². The third kappa shape index (κ3) is 3.87. The second-order valence-electron chi connectivity index (χ2n) is 4.61. The second kappa shape index (κ2) is 6.70. The molecular formula is C10H6F9N3O4S. The van der Waals surface area contributed by atoms with E-state index in [2.05, 4.69) is 10.3 Å². The summed E-state index contributed by atoms with van der Waals surface area (Å²) >= 11 is 0. The molecule has 0 bridgehead atoms. The maximum Gasteiger partial charge on any atom is 0.460 e. The van der Waals surface area contributed by atoms with Crippen LogP contribution in [-0.2, 0) is 10.1 Å². The maximum absolute atomic E-state index is 12.2. The van der Waals surface area contributed by atoms with E-state index in [1.807, 2.05) is 12.1 Å². The van der Waals surface area contributed by atoms with Crippen LogP contribution in [0.1, 0.15) is 0 Å². The van der Waals surface area contributed by atoms with Gasteiger partial charge in [-0.2, -0.15) is 47.9 Å². The molecule has 0 saturated carbocycles. The highest BCUT2D eigenvalue weighted by molar-refractivity contribution is 7.87. The van der Waals surface area contributed by atoms with Gasteiger partial charge >= 0.3 is 33.4 Å². The highest BCUT2D eigenvalue weighted by atomic mass is 32.2. The molecule has 1 heterocycles. The Morgan fingerprint density at radius 1 is 0.889 bits per heavy atom. The first kappa shape index (κ1) is 22.7. The summed E-state index contributed by atoms with van der Waals surface area (Å²) in [5.41, 5.74) is 1.33. The van der Waals surface area contributed by atoms with Crippen molar-refractivity contribution in [2.75, 3.05) is 0 Å². The predicted octanol–water partition coefficient (Wildman–Crippen LogP) is 2.97. The lowest BCUT2D eigenvalue weighted by Crippen LogP contribution is -2.63.